The molecule has 0 saturated carbocycles. The summed E-state index contributed by atoms with van der Waals surface area (Å²) in [7, 11) is 0. The Morgan fingerprint density at radius 2 is 2.00 bits per heavy atom. The van der Waals surface area contributed by atoms with Crippen LogP contribution in [-0.2, 0) is 0 Å². The first-order chi connectivity index (χ1) is 8.17. The van der Waals surface area contributed by atoms with Crippen LogP contribution >= 0.6 is 11.8 Å². The van der Waals surface area contributed by atoms with Crippen LogP contribution in [0.4, 0.5) is 5.82 Å². The van der Waals surface area contributed by atoms with Crippen molar-refractivity contribution in [3.05, 3.63) is 11.9 Å². The number of nitrogens with one attached hydrogen (secondary N) is 1. The van der Waals surface area contributed by atoms with Gasteiger partial charge in [0, 0.05) is 18.5 Å². The maximum atomic E-state index is 4.59. The van der Waals surface area contributed by atoms with Gasteiger partial charge in [0.2, 0.25) is 0 Å². The molecule has 0 amide bonds. The van der Waals surface area contributed by atoms with Crippen LogP contribution in [-0.4, -0.2) is 22.3 Å². The molecule has 1 N–H and O–H groups in total. The minimum Gasteiger partial charge on any atom is -0.370 e. The Morgan fingerprint density at radius 3 is 2.59 bits per heavy atom. The lowest BCUT2D eigenvalue weighted by Gasteiger charge is -2.10. The van der Waals surface area contributed by atoms with E-state index >= 15 is 0 Å². The van der Waals surface area contributed by atoms with Gasteiger partial charge in [-0.3, -0.25) is 0 Å². The number of hydrogen-bond donors (Lipinski definition) is 1. The molecule has 0 radical (unpaired) electrons. The van der Waals surface area contributed by atoms with Gasteiger partial charge in [-0.05, 0) is 18.6 Å². The minimum absolute atomic E-state index is 0.374. The average Bonchev–Trinajstić information content (AvgIpc) is 2.33. The Morgan fingerprint density at radius 1 is 1.24 bits per heavy atom. The zero-order chi connectivity index (χ0) is 12.7. The van der Waals surface area contributed by atoms with Crippen molar-refractivity contribution in [3.63, 3.8) is 0 Å². The molecule has 0 saturated heterocycles. The van der Waals surface area contributed by atoms with Crippen LogP contribution in [0.2, 0.25) is 0 Å². The van der Waals surface area contributed by atoms with Crippen molar-refractivity contribution in [2.75, 3.05) is 17.6 Å². The molecule has 0 aliphatic rings. The summed E-state index contributed by atoms with van der Waals surface area (Å²) >= 11 is 1.81. The molecule has 1 heterocycles. The molecule has 3 nitrogen and oxygen atoms in total. The van der Waals surface area contributed by atoms with Gasteiger partial charge in [-0.15, -0.1) is 11.8 Å². The quantitative estimate of drug-likeness (QED) is 0.590. The summed E-state index contributed by atoms with van der Waals surface area (Å²) < 4.78 is 0. The third-order valence-electron chi connectivity index (χ3n) is 2.25. The molecular formula is C13H23N3S. The van der Waals surface area contributed by atoms with Crippen LogP contribution in [0, 0.1) is 0 Å². The summed E-state index contributed by atoms with van der Waals surface area (Å²) in [5, 5.41) is 4.43. The lowest BCUT2D eigenvalue weighted by molar-refractivity contribution is 0.753. The molecule has 0 bridgehead atoms. The lowest BCUT2D eigenvalue weighted by Crippen LogP contribution is -2.06. The molecule has 0 unspecified atom stereocenters. The van der Waals surface area contributed by atoms with Gasteiger partial charge in [0.1, 0.15) is 16.7 Å². The van der Waals surface area contributed by atoms with E-state index in [-0.39, 0.29) is 0 Å². The first-order valence-electron chi connectivity index (χ1n) is 6.43. The number of aromatic nitrogens is 2. The lowest BCUT2D eigenvalue weighted by atomic mass is 10.2. The van der Waals surface area contributed by atoms with Gasteiger partial charge in [0.15, 0.2) is 0 Å². The fourth-order valence-corrected chi connectivity index (χ4v) is 2.09. The largest absolute Gasteiger partial charge is 0.370 e. The van der Waals surface area contributed by atoms with Crippen LogP contribution in [0.3, 0.4) is 0 Å². The molecule has 1 aromatic heterocycles. The van der Waals surface area contributed by atoms with Crippen molar-refractivity contribution in [1.82, 2.24) is 9.97 Å². The molecule has 0 aromatic carbocycles. The van der Waals surface area contributed by atoms with Crippen LogP contribution in [0.15, 0.2) is 11.1 Å². The number of thioether (sulfide) groups is 1. The number of hydrogen-bond acceptors (Lipinski definition) is 4. The minimum atomic E-state index is 0.374. The highest BCUT2D eigenvalue weighted by atomic mass is 32.2. The molecule has 0 fully saturated rings. The molecule has 96 valence electrons. The molecule has 0 atom stereocenters. The first kappa shape index (κ1) is 14.3. The molecule has 1 aromatic rings. The average molecular weight is 253 g/mol. The van der Waals surface area contributed by atoms with Crippen molar-refractivity contribution in [3.8, 4) is 0 Å². The van der Waals surface area contributed by atoms with Crippen molar-refractivity contribution >= 4 is 17.6 Å². The Kier molecular flexibility index (Phi) is 6.34. The van der Waals surface area contributed by atoms with Crippen molar-refractivity contribution < 1.29 is 0 Å². The molecule has 17 heavy (non-hydrogen) atoms. The Labute approximate surface area is 109 Å². The normalized spacial score (nSPS) is 10.9. The molecule has 4 heteroatoms. The maximum absolute atomic E-state index is 4.59. The molecule has 0 aliphatic heterocycles. The van der Waals surface area contributed by atoms with Crippen molar-refractivity contribution in [2.24, 2.45) is 0 Å². The second-order valence-corrected chi connectivity index (χ2v) is 5.49. The smallest absolute Gasteiger partial charge is 0.134 e. The highest BCUT2D eigenvalue weighted by Gasteiger charge is 2.07. The summed E-state index contributed by atoms with van der Waals surface area (Å²) in [5.74, 6) is 3.38. The monoisotopic (exact) mass is 253 g/mol. The molecular weight excluding hydrogens is 230 g/mol. The maximum Gasteiger partial charge on any atom is 0.134 e. The highest BCUT2D eigenvalue weighted by molar-refractivity contribution is 7.99. The van der Waals surface area contributed by atoms with Crippen molar-refractivity contribution in [1.29, 1.82) is 0 Å². The topological polar surface area (TPSA) is 37.8 Å². The first-order valence-corrected chi connectivity index (χ1v) is 7.41. The van der Waals surface area contributed by atoms with E-state index in [0.29, 0.717) is 5.92 Å². The third kappa shape index (κ3) is 4.94. The van der Waals surface area contributed by atoms with Gasteiger partial charge >= 0.3 is 0 Å². The zero-order valence-electron chi connectivity index (χ0n) is 11.3. The number of nitrogens with zero attached hydrogens (tertiary/aromatic N) is 2. The van der Waals surface area contributed by atoms with Gasteiger partial charge in [0.05, 0.1) is 0 Å². The summed E-state index contributed by atoms with van der Waals surface area (Å²) in [6.07, 6.45) is 2.28. The van der Waals surface area contributed by atoms with Gasteiger partial charge in [-0.25, -0.2) is 9.97 Å². The van der Waals surface area contributed by atoms with Gasteiger partial charge in [0.25, 0.3) is 0 Å². The zero-order valence-corrected chi connectivity index (χ0v) is 12.1. The van der Waals surface area contributed by atoms with Gasteiger partial charge < -0.3 is 5.32 Å². The Hall–Kier alpha value is -0.770. The number of anilines is 1. The van der Waals surface area contributed by atoms with Gasteiger partial charge in [-0.1, -0.05) is 27.7 Å². The fraction of sp³-hybridized carbons (Fsp3) is 0.692. The summed E-state index contributed by atoms with van der Waals surface area (Å²) in [5.41, 5.74) is 0. The van der Waals surface area contributed by atoms with E-state index in [1.807, 2.05) is 11.8 Å². The molecule has 0 spiro atoms. The van der Waals surface area contributed by atoms with Crippen LogP contribution < -0.4 is 5.32 Å². The van der Waals surface area contributed by atoms with E-state index in [9.17, 15) is 0 Å². The summed E-state index contributed by atoms with van der Waals surface area (Å²) in [6.45, 7) is 9.57. The predicted octanol–water partition coefficient (Wildman–Crippen LogP) is 3.92. The molecule has 1 rings (SSSR count). The second kappa shape index (κ2) is 7.54. The standard InChI is InChI=1S/C13H23N3S/c1-5-7-14-11-9-12(17-8-6-2)16-13(15-11)10(3)4/h9-10H,5-8H2,1-4H3,(H,14,15,16). The van der Waals surface area contributed by atoms with E-state index in [4.69, 9.17) is 0 Å². The van der Waals surface area contributed by atoms with Crippen LogP contribution in [0.5, 0.6) is 0 Å². The van der Waals surface area contributed by atoms with Gasteiger partial charge in [-0.2, -0.15) is 0 Å². The summed E-state index contributed by atoms with van der Waals surface area (Å²) in [4.78, 5) is 9.13. The SMILES string of the molecule is CCCNc1cc(SCCC)nc(C(C)C)n1. The van der Waals surface area contributed by atoms with E-state index in [1.54, 1.807) is 0 Å². The van der Waals surface area contributed by atoms with Crippen LogP contribution in [0.1, 0.15) is 52.3 Å². The number of rotatable bonds is 7. The van der Waals surface area contributed by atoms with E-state index in [2.05, 4.69) is 49.0 Å². The van der Waals surface area contributed by atoms with E-state index in [0.717, 1.165) is 35.4 Å². The fourth-order valence-electron chi connectivity index (χ4n) is 1.33. The van der Waals surface area contributed by atoms with E-state index in [1.165, 1.54) is 6.42 Å². The third-order valence-corrected chi connectivity index (χ3v) is 3.36. The van der Waals surface area contributed by atoms with Crippen LogP contribution in [0.25, 0.3) is 0 Å². The second-order valence-electron chi connectivity index (χ2n) is 4.38. The van der Waals surface area contributed by atoms with Crippen molar-refractivity contribution in [2.45, 2.75) is 51.5 Å². The predicted molar refractivity (Wildman–Crippen MR) is 75.9 cm³/mol. The summed E-state index contributed by atoms with van der Waals surface area (Å²) in [6, 6.07) is 2.06. The highest BCUT2D eigenvalue weighted by Crippen LogP contribution is 2.22. The Balaban J connectivity index is 2.84. The van der Waals surface area contributed by atoms with E-state index < -0.39 is 0 Å². The molecule has 0 aliphatic carbocycles. The Bertz CT molecular complexity index is 313.